The van der Waals surface area contributed by atoms with Gasteiger partial charge < -0.3 is 4.90 Å². The molecule has 1 aromatic heterocycles. The minimum Gasteiger partial charge on any atom is -0.322 e. The molecule has 5 rings (SSSR count). The van der Waals surface area contributed by atoms with Crippen LogP contribution in [-0.2, 0) is 22.7 Å². The van der Waals surface area contributed by atoms with E-state index in [9.17, 15) is 18.8 Å². The molecule has 3 amide bonds. The minimum atomic E-state index is -0.711. The van der Waals surface area contributed by atoms with Crippen LogP contribution in [0.15, 0.2) is 24.5 Å². The van der Waals surface area contributed by atoms with Gasteiger partial charge in [-0.3, -0.25) is 29.6 Å². The number of fused-ring (bicyclic) bond motifs is 1. The van der Waals surface area contributed by atoms with Crippen LogP contribution in [0, 0.1) is 5.82 Å². The lowest BCUT2D eigenvalue weighted by Crippen LogP contribution is -2.52. The highest BCUT2D eigenvalue weighted by molar-refractivity contribution is 6.29. The fraction of sp³-hybridized carbons (Fsp3) is 0.435. The second kappa shape index (κ2) is 8.79. The average molecular weight is 472 g/mol. The first kappa shape index (κ1) is 21.9. The summed E-state index contributed by atoms with van der Waals surface area (Å²) in [5.41, 5.74) is 2.69. The maximum atomic E-state index is 14.5. The Labute approximate surface area is 195 Å². The van der Waals surface area contributed by atoms with Crippen molar-refractivity contribution in [2.24, 2.45) is 0 Å². The molecule has 2 aromatic rings. The Kier molecular flexibility index (Phi) is 5.84. The number of nitrogens with zero attached hydrogens (tertiary/aromatic N) is 4. The molecule has 1 N–H and O–H groups in total. The molecule has 4 heterocycles. The van der Waals surface area contributed by atoms with Crippen LogP contribution in [0.2, 0.25) is 5.15 Å². The van der Waals surface area contributed by atoms with Gasteiger partial charge in [0, 0.05) is 37.5 Å². The lowest BCUT2D eigenvalue weighted by molar-refractivity contribution is -0.136. The first-order valence-electron chi connectivity index (χ1n) is 11.1. The molecule has 0 aliphatic carbocycles. The van der Waals surface area contributed by atoms with E-state index in [4.69, 9.17) is 11.6 Å². The average Bonchev–Trinajstić information content (AvgIpc) is 3.11. The van der Waals surface area contributed by atoms with Crippen LogP contribution in [0.3, 0.4) is 0 Å². The van der Waals surface area contributed by atoms with Gasteiger partial charge in [-0.05, 0) is 61.5 Å². The van der Waals surface area contributed by atoms with Crippen LogP contribution < -0.4 is 5.32 Å². The molecule has 0 spiro atoms. The Morgan fingerprint density at radius 3 is 2.58 bits per heavy atom. The van der Waals surface area contributed by atoms with Gasteiger partial charge in [0.05, 0.1) is 5.69 Å². The number of carbonyl (C=O) groups excluding carboxylic acids is 3. The standard InChI is InChI=1S/C23H23ClFN5O3/c24-21-18(26-5-6-27-21)12-29-7-3-13(4-8-29)15-9-14(25)10-16-17(15)11-30(23(16)33)19-1-2-20(31)28-22(19)32/h5-6,9-10,13,19H,1-4,7-8,11-12H2,(H,28,31,32). The van der Waals surface area contributed by atoms with Crippen LogP contribution in [0.4, 0.5) is 4.39 Å². The molecule has 3 aliphatic rings. The summed E-state index contributed by atoms with van der Waals surface area (Å²) in [5, 5.41) is 2.70. The number of imide groups is 1. The quantitative estimate of drug-likeness (QED) is 0.688. The molecule has 8 nitrogen and oxygen atoms in total. The van der Waals surface area contributed by atoms with E-state index in [0.717, 1.165) is 42.8 Å². The fourth-order valence-corrected chi connectivity index (χ4v) is 5.25. The number of benzene rings is 1. The third-order valence-electron chi connectivity index (χ3n) is 6.78. The van der Waals surface area contributed by atoms with Crippen molar-refractivity contribution in [1.29, 1.82) is 0 Å². The number of likely N-dealkylation sites (tertiary alicyclic amines) is 1. The van der Waals surface area contributed by atoms with E-state index >= 15 is 0 Å². The molecule has 0 saturated carbocycles. The second-order valence-electron chi connectivity index (χ2n) is 8.77. The molecule has 1 atom stereocenters. The van der Waals surface area contributed by atoms with Crippen molar-refractivity contribution in [3.8, 4) is 0 Å². The van der Waals surface area contributed by atoms with Crippen molar-refractivity contribution < 1.29 is 18.8 Å². The summed E-state index contributed by atoms with van der Waals surface area (Å²) in [6.45, 7) is 2.43. The highest BCUT2D eigenvalue weighted by Gasteiger charge is 2.41. The smallest absolute Gasteiger partial charge is 0.255 e. The summed E-state index contributed by atoms with van der Waals surface area (Å²) in [7, 11) is 0. The number of halogens is 2. The summed E-state index contributed by atoms with van der Waals surface area (Å²) >= 11 is 6.13. The highest BCUT2D eigenvalue weighted by atomic mass is 35.5. The zero-order valence-electron chi connectivity index (χ0n) is 17.9. The zero-order valence-corrected chi connectivity index (χ0v) is 18.6. The van der Waals surface area contributed by atoms with Crippen LogP contribution in [0.5, 0.6) is 0 Å². The summed E-state index contributed by atoms with van der Waals surface area (Å²) < 4.78 is 14.5. The van der Waals surface area contributed by atoms with Gasteiger partial charge >= 0.3 is 0 Å². The minimum absolute atomic E-state index is 0.109. The number of nitrogens with one attached hydrogen (secondary N) is 1. The summed E-state index contributed by atoms with van der Waals surface area (Å²) in [6, 6.07) is 2.08. The Balaban J connectivity index is 1.32. The number of rotatable bonds is 4. The molecule has 2 saturated heterocycles. The predicted molar refractivity (Wildman–Crippen MR) is 117 cm³/mol. The molecule has 172 valence electrons. The van der Waals surface area contributed by atoms with E-state index in [2.05, 4.69) is 20.2 Å². The van der Waals surface area contributed by atoms with Crippen LogP contribution in [0.25, 0.3) is 0 Å². The first-order valence-corrected chi connectivity index (χ1v) is 11.4. The van der Waals surface area contributed by atoms with Crippen LogP contribution in [0.1, 0.15) is 58.8 Å². The third kappa shape index (κ3) is 4.22. The van der Waals surface area contributed by atoms with Gasteiger partial charge in [0.25, 0.3) is 5.91 Å². The summed E-state index contributed by atoms with van der Waals surface area (Å²) in [4.78, 5) is 49.0. The van der Waals surface area contributed by atoms with Gasteiger partial charge in [-0.15, -0.1) is 0 Å². The molecule has 0 bridgehead atoms. The lowest BCUT2D eigenvalue weighted by Gasteiger charge is -2.33. The zero-order chi connectivity index (χ0) is 23.1. The fourth-order valence-electron chi connectivity index (χ4n) is 5.09. The van der Waals surface area contributed by atoms with E-state index < -0.39 is 17.8 Å². The molecule has 1 aromatic carbocycles. The number of hydrogen-bond acceptors (Lipinski definition) is 6. The van der Waals surface area contributed by atoms with Crippen molar-refractivity contribution in [1.82, 2.24) is 25.1 Å². The maximum Gasteiger partial charge on any atom is 0.255 e. The van der Waals surface area contributed by atoms with E-state index in [1.54, 1.807) is 12.4 Å². The SMILES string of the molecule is O=C1CCC(N2Cc3c(cc(F)cc3C3CCN(Cc4nccnc4Cl)CC3)C2=O)C(=O)N1. The Morgan fingerprint density at radius 1 is 1.09 bits per heavy atom. The van der Waals surface area contributed by atoms with E-state index in [0.29, 0.717) is 17.3 Å². The van der Waals surface area contributed by atoms with Gasteiger partial charge in [0.2, 0.25) is 11.8 Å². The number of hydrogen-bond donors (Lipinski definition) is 1. The van der Waals surface area contributed by atoms with Gasteiger partial charge in [0.15, 0.2) is 5.15 Å². The van der Waals surface area contributed by atoms with Crippen molar-refractivity contribution in [2.75, 3.05) is 13.1 Å². The van der Waals surface area contributed by atoms with Gasteiger partial charge in [0.1, 0.15) is 11.9 Å². The van der Waals surface area contributed by atoms with Gasteiger partial charge in [-0.25, -0.2) is 9.37 Å². The van der Waals surface area contributed by atoms with Crippen LogP contribution in [-0.4, -0.2) is 56.6 Å². The largest absolute Gasteiger partial charge is 0.322 e. The third-order valence-corrected chi connectivity index (χ3v) is 7.09. The van der Waals surface area contributed by atoms with E-state index in [1.165, 1.54) is 17.0 Å². The van der Waals surface area contributed by atoms with Crippen molar-refractivity contribution in [2.45, 2.75) is 50.7 Å². The van der Waals surface area contributed by atoms with Gasteiger partial charge in [-0.2, -0.15) is 0 Å². The molecule has 10 heteroatoms. The molecule has 33 heavy (non-hydrogen) atoms. The molecule has 1 unspecified atom stereocenters. The maximum absolute atomic E-state index is 14.5. The first-order chi connectivity index (χ1) is 15.9. The summed E-state index contributed by atoms with van der Waals surface area (Å²) in [5.74, 6) is -1.49. The monoisotopic (exact) mass is 471 g/mol. The summed E-state index contributed by atoms with van der Waals surface area (Å²) in [6.07, 6.45) is 5.26. The Hall–Kier alpha value is -2.91. The lowest BCUT2D eigenvalue weighted by atomic mass is 9.85. The van der Waals surface area contributed by atoms with Crippen LogP contribution >= 0.6 is 11.6 Å². The van der Waals surface area contributed by atoms with Crippen molar-refractivity contribution in [3.05, 3.63) is 57.9 Å². The van der Waals surface area contributed by atoms with Crippen molar-refractivity contribution >= 4 is 29.3 Å². The molecule has 3 aliphatic heterocycles. The molecule has 0 radical (unpaired) electrons. The number of piperidine rings is 2. The van der Waals surface area contributed by atoms with Crippen molar-refractivity contribution in [3.63, 3.8) is 0 Å². The molecular weight excluding hydrogens is 449 g/mol. The predicted octanol–water partition coefficient (Wildman–Crippen LogP) is 2.41. The van der Waals surface area contributed by atoms with E-state index in [-0.39, 0.29) is 37.1 Å². The Bertz CT molecular complexity index is 1140. The number of aromatic nitrogens is 2. The highest BCUT2D eigenvalue weighted by Crippen LogP contribution is 2.38. The molecular formula is C23H23ClFN5O3. The Morgan fingerprint density at radius 2 is 1.85 bits per heavy atom. The molecule has 2 fully saturated rings. The topological polar surface area (TPSA) is 95.5 Å². The normalized spacial score (nSPS) is 21.9. The van der Waals surface area contributed by atoms with Gasteiger partial charge in [-0.1, -0.05) is 11.6 Å². The number of amides is 3. The van der Waals surface area contributed by atoms with E-state index in [1.807, 2.05) is 0 Å². The number of carbonyl (C=O) groups is 3. The second-order valence-corrected chi connectivity index (χ2v) is 9.12.